The van der Waals surface area contributed by atoms with Crippen LogP contribution < -0.4 is 36.9 Å². The molecule has 0 aliphatic carbocycles. The lowest BCUT2D eigenvalue weighted by Crippen LogP contribution is -2.36. The molecule has 0 unspecified atom stereocenters. The summed E-state index contributed by atoms with van der Waals surface area (Å²) in [5, 5.41) is 11.3. The molecular formula is C56H67ClN2O5P+. The fraction of sp³-hybridized carbons (Fsp3) is 0.375. The molecule has 6 rings (SSSR count). The van der Waals surface area contributed by atoms with Gasteiger partial charge in [0.05, 0.1) is 11.2 Å². The number of benzene rings is 5. The van der Waals surface area contributed by atoms with E-state index in [9.17, 15) is 14.4 Å². The second-order valence-electron chi connectivity index (χ2n) is 17.2. The number of carbonyl (C=O) groups excluding carboxylic acids is 2. The first-order valence-corrected chi connectivity index (χ1v) is 26.3. The number of nitrogens with one attached hydrogen (secondary N) is 2. The van der Waals surface area contributed by atoms with Gasteiger partial charge in [0.1, 0.15) is 34.5 Å². The molecule has 2 amide bonds. The Morgan fingerprint density at radius 3 is 1.77 bits per heavy atom. The van der Waals surface area contributed by atoms with Crippen LogP contribution in [0.4, 0.5) is 5.69 Å². The third kappa shape index (κ3) is 14.4. The third-order valence-corrected chi connectivity index (χ3v) is 17.1. The second-order valence-corrected chi connectivity index (χ2v) is 21.2. The molecule has 7 nitrogen and oxygen atoms in total. The Morgan fingerprint density at radius 2 is 1.18 bits per heavy atom. The minimum atomic E-state index is -1.85. The number of hydrogen-bond donors (Lipinski definition) is 2. The van der Waals surface area contributed by atoms with Crippen molar-refractivity contribution in [3.05, 3.63) is 149 Å². The van der Waals surface area contributed by atoms with Crippen LogP contribution in [-0.2, 0) is 9.59 Å². The maximum atomic E-state index is 13.1. The lowest BCUT2D eigenvalue weighted by Gasteiger charge is -2.27. The number of halogens is 1. The molecule has 342 valence electrons. The average Bonchev–Trinajstić information content (AvgIpc) is 3.32. The molecule has 0 radical (unpaired) electrons. The van der Waals surface area contributed by atoms with E-state index >= 15 is 0 Å². The number of anilines is 1. The third-order valence-electron chi connectivity index (χ3n) is 12.3. The van der Waals surface area contributed by atoms with E-state index in [2.05, 4.69) is 109 Å². The summed E-state index contributed by atoms with van der Waals surface area (Å²) in [5.41, 5.74) is 1.62. The minimum Gasteiger partial charge on any atom is -0.481 e. The van der Waals surface area contributed by atoms with Crippen molar-refractivity contribution in [2.75, 3.05) is 18.0 Å². The van der Waals surface area contributed by atoms with Gasteiger partial charge in [-0.3, -0.25) is 9.59 Å². The van der Waals surface area contributed by atoms with E-state index in [1.54, 1.807) is 43.3 Å². The van der Waals surface area contributed by atoms with E-state index in [0.717, 1.165) is 51.1 Å². The van der Waals surface area contributed by atoms with Crippen molar-refractivity contribution in [2.45, 2.75) is 123 Å². The summed E-state index contributed by atoms with van der Waals surface area (Å²) >= 11 is 6.77. The van der Waals surface area contributed by atoms with Crippen LogP contribution in [0.5, 0.6) is 5.75 Å². The molecule has 0 aliphatic heterocycles. The molecule has 65 heavy (non-hydrogen) atoms. The first-order chi connectivity index (χ1) is 31.8. The number of hydrogen-bond acceptors (Lipinski definition) is 5. The Morgan fingerprint density at radius 1 is 0.631 bits per heavy atom. The van der Waals surface area contributed by atoms with Crippen molar-refractivity contribution in [2.24, 2.45) is 0 Å². The summed E-state index contributed by atoms with van der Waals surface area (Å²) in [5.74, 6) is 0.163. The summed E-state index contributed by atoms with van der Waals surface area (Å²) in [7, 11) is -1.85. The molecule has 0 bridgehead atoms. The molecule has 1 aromatic heterocycles. The first-order valence-electron chi connectivity index (χ1n) is 24.0. The van der Waals surface area contributed by atoms with Crippen molar-refractivity contribution >= 4 is 63.2 Å². The Kier molecular flexibility index (Phi) is 19.7. The highest BCUT2D eigenvalue weighted by Crippen LogP contribution is 2.56. The standard InChI is InChI=1S/C56H66ClN2O5P/c1-3-4-5-6-7-8-9-10-11-12-24-33-54(60)59-44-34-36-49(52(57)40-44)51-42-55(61)64-53-41-45(35-37-50(51)53)63-43(2)56(62)58-38-25-13-14-26-39-65(46-27-18-15-19-28-46,47-29-20-16-21-30-47)48-31-22-17-23-32-48/h15-23,27-32,34-37,40-43H,3-14,24-26,33,38-39H2,1-2H3,(H-,58,59,60,61,62)/p+1/t43-/m1/s1. The van der Waals surface area contributed by atoms with Gasteiger partial charge in [-0.2, -0.15) is 0 Å². The Hall–Kier alpha value is -5.23. The van der Waals surface area contributed by atoms with E-state index in [4.69, 9.17) is 20.8 Å². The predicted octanol–water partition coefficient (Wildman–Crippen LogP) is 13.2. The molecule has 6 aromatic rings. The van der Waals surface area contributed by atoms with E-state index in [1.165, 1.54) is 73.3 Å². The molecule has 2 N–H and O–H groups in total. The lowest BCUT2D eigenvalue weighted by atomic mass is 10.0. The van der Waals surface area contributed by atoms with Crippen LogP contribution in [0.3, 0.4) is 0 Å². The van der Waals surface area contributed by atoms with Crippen molar-refractivity contribution in [1.82, 2.24) is 5.32 Å². The van der Waals surface area contributed by atoms with Gasteiger partial charge in [0.2, 0.25) is 5.91 Å². The van der Waals surface area contributed by atoms with E-state index in [0.29, 0.717) is 51.5 Å². The summed E-state index contributed by atoms with van der Waals surface area (Å²) in [6.45, 7) is 4.52. The van der Waals surface area contributed by atoms with E-state index < -0.39 is 19.0 Å². The van der Waals surface area contributed by atoms with Gasteiger partial charge in [-0.25, -0.2) is 4.79 Å². The van der Waals surface area contributed by atoms with Gasteiger partial charge in [-0.15, -0.1) is 0 Å². The smallest absolute Gasteiger partial charge is 0.336 e. The Bertz CT molecular complexity index is 2350. The van der Waals surface area contributed by atoms with Crippen LogP contribution >= 0.6 is 18.9 Å². The SMILES string of the molecule is CCCCCCCCCCCCCC(=O)Nc1ccc(-c2cc(=O)oc3cc(O[C@H](C)C(=O)NCCCCCC[P+](c4ccccc4)(c4ccccc4)c4ccccc4)ccc23)c(Cl)c1. The summed E-state index contributed by atoms with van der Waals surface area (Å²) in [4.78, 5) is 38.6. The summed E-state index contributed by atoms with van der Waals surface area (Å²) in [6.07, 6.45) is 18.4. The number of rotatable bonds is 27. The molecule has 0 fully saturated rings. The quantitative estimate of drug-likeness (QED) is 0.0305. The maximum absolute atomic E-state index is 13.1. The zero-order chi connectivity index (χ0) is 45.7. The van der Waals surface area contributed by atoms with Crippen molar-refractivity contribution < 1.29 is 18.7 Å². The monoisotopic (exact) mass is 913 g/mol. The Labute approximate surface area is 392 Å². The molecule has 9 heteroatoms. The van der Waals surface area contributed by atoms with Gasteiger partial charge in [0.15, 0.2) is 6.10 Å². The largest absolute Gasteiger partial charge is 0.481 e. The van der Waals surface area contributed by atoms with Crippen LogP contribution in [0.2, 0.25) is 5.02 Å². The number of ether oxygens (including phenoxy) is 1. The Balaban J connectivity index is 0.955. The van der Waals surface area contributed by atoms with Crippen molar-refractivity contribution in [1.29, 1.82) is 0 Å². The van der Waals surface area contributed by atoms with Crippen LogP contribution in [0.25, 0.3) is 22.1 Å². The molecule has 5 aromatic carbocycles. The number of unbranched alkanes of at least 4 members (excludes halogenated alkanes) is 13. The van der Waals surface area contributed by atoms with Gasteiger partial charge in [-0.1, -0.05) is 150 Å². The van der Waals surface area contributed by atoms with Gasteiger partial charge < -0.3 is 19.8 Å². The van der Waals surface area contributed by atoms with Crippen LogP contribution in [-0.4, -0.2) is 30.6 Å². The summed E-state index contributed by atoms with van der Waals surface area (Å²) < 4.78 is 11.6. The highest BCUT2D eigenvalue weighted by molar-refractivity contribution is 7.95. The number of carbonyl (C=O) groups is 2. The average molecular weight is 915 g/mol. The van der Waals surface area contributed by atoms with Gasteiger partial charge >= 0.3 is 5.63 Å². The maximum Gasteiger partial charge on any atom is 0.336 e. The van der Waals surface area contributed by atoms with Gasteiger partial charge in [-0.05, 0) is 93.3 Å². The minimum absolute atomic E-state index is 0.0354. The molecule has 0 saturated carbocycles. The molecule has 1 atom stereocenters. The second kappa shape index (κ2) is 26.1. The number of amides is 2. The topological polar surface area (TPSA) is 97.6 Å². The van der Waals surface area contributed by atoms with Gasteiger partial charge in [0.25, 0.3) is 5.91 Å². The summed E-state index contributed by atoms with van der Waals surface area (Å²) in [6, 6.07) is 44.8. The van der Waals surface area contributed by atoms with Crippen LogP contribution in [0.15, 0.2) is 143 Å². The predicted molar refractivity (Wildman–Crippen MR) is 274 cm³/mol. The first kappa shape index (κ1) is 49.2. The van der Waals surface area contributed by atoms with E-state index in [-0.39, 0.29) is 11.8 Å². The number of fused-ring (bicyclic) bond motifs is 1. The zero-order valence-electron chi connectivity index (χ0n) is 38.4. The molecule has 0 saturated heterocycles. The van der Waals surface area contributed by atoms with Crippen LogP contribution in [0, 0.1) is 0 Å². The lowest BCUT2D eigenvalue weighted by molar-refractivity contribution is -0.127. The van der Waals surface area contributed by atoms with Gasteiger partial charge in [0, 0.05) is 47.3 Å². The fourth-order valence-electron chi connectivity index (χ4n) is 8.75. The molecular weight excluding hydrogens is 847 g/mol. The zero-order valence-corrected chi connectivity index (χ0v) is 40.0. The van der Waals surface area contributed by atoms with Crippen LogP contribution in [0.1, 0.15) is 117 Å². The molecule has 0 aliphatic rings. The molecule has 0 spiro atoms. The van der Waals surface area contributed by atoms with Crippen molar-refractivity contribution in [3.8, 4) is 16.9 Å². The highest BCUT2D eigenvalue weighted by Gasteiger charge is 2.44. The van der Waals surface area contributed by atoms with E-state index in [1.807, 2.05) is 0 Å². The fourth-order valence-corrected chi connectivity index (χ4v) is 13.4. The molecule has 1 heterocycles. The highest BCUT2D eigenvalue weighted by atomic mass is 35.5. The van der Waals surface area contributed by atoms with Crippen molar-refractivity contribution in [3.63, 3.8) is 0 Å². The normalized spacial score (nSPS) is 11.9.